The monoisotopic (exact) mass is 464 g/mol. The summed E-state index contributed by atoms with van der Waals surface area (Å²) in [6, 6.07) is 7.43. The smallest absolute Gasteiger partial charge is 0.253 e. The normalized spacial score (nSPS) is 17.1. The van der Waals surface area contributed by atoms with Crippen molar-refractivity contribution in [2.45, 2.75) is 45.1 Å². The molecule has 0 atom stereocenters. The van der Waals surface area contributed by atoms with Crippen molar-refractivity contribution in [2.75, 3.05) is 31.6 Å². The topological polar surface area (TPSA) is 85.2 Å². The van der Waals surface area contributed by atoms with Gasteiger partial charge in [0.25, 0.3) is 5.91 Å². The fraction of sp³-hybridized carbons (Fsp3) is 0.440. The van der Waals surface area contributed by atoms with Gasteiger partial charge in [0.2, 0.25) is 5.95 Å². The molecule has 8 nitrogen and oxygen atoms in total. The molecule has 1 aromatic carbocycles. The maximum absolute atomic E-state index is 14.8. The summed E-state index contributed by atoms with van der Waals surface area (Å²) in [5, 5.41) is 3.13. The Morgan fingerprint density at radius 1 is 1.06 bits per heavy atom. The van der Waals surface area contributed by atoms with Crippen LogP contribution in [0, 0.1) is 12.7 Å². The Kier molecular flexibility index (Phi) is 6.53. The van der Waals surface area contributed by atoms with Crippen LogP contribution >= 0.6 is 0 Å². The van der Waals surface area contributed by atoms with Crippen LogP contribution in [0.3, 0.4) is 0 Å². The van der Waals surface area contributed by atoms with E-state index < -0.39 is 5.82 Å². The number of likely N-dealkylation sites (tertiary alicyclic amines) is 1. The van der Waals surface area contributed by atoms with E-state index in [0.717, 1.165) is 50.3 Å². The first-order chi connectivity index (χ1) is 16.6. The zero-order valence-electron chi connectivity index (χ0n) is 19.3. The number of ether oxygens (including phenoxy) is 1. The van der Waals surface area contributed by atoms with Crippen LogP contribution in [-0.4, -0.2) is 56.6 Å². The second kappa shape index (κ2) is 9.89. The van der Waals surface area contributed by atoms with E-state index in [1.54, 1.807) is 18.3 Å². The highest BCUT2D eigenvalue weighted by Crippen LogP contribution is 2.31. The Balaban J connectivity index is 1.35. The van der Waals surface area contributed by atoms with Crippen LogP contribution in [0.15, 0.2) is 36.7 Å². The summed E-state index contributed by atoms with van der Waals surface area (Å²) in [6.45, 7) is 4.90. The molecule has 2 aromatic heterocycles. The number of carbonyl (C=O) groups is 1. The SMILES string of the molecule is Cc1ncc(-c2nc(Nc3ccc(C(=O)N4CCCCC4)cc3)ncc2F)n1C1CCOCC1. The minimum Gasteiger partial charge on any atom is -0.381 e. The molecule has 34 heavy (non-hydrogen) atoms. The lowest BCUT2D eigenvalue weighted by Gasteiger charge is -2.26. The maximum Gasteiger partial charge on any atom is 0.253 e. The number of piperidine rings is 1. The van der Waals surface area contributed by atoms with Crippen LogP contribution in [0.5, 0.6) is 0 Å². The Bertz CT molecular complexity index is 1150. The van der Waals surface area contributed by atoms with Gasteiger partial charge in [-0.15, -0.1) is 0 Å². The predicted molar refractivity (Wildman–Crippen MR) is 127 cm³/mol. The van der Waals surface area contributed by atoms with Crippen molar-refractivity contribution in [3.8, 4) is 11.4 Å². The van der Waals surface area contributed by atoms with Gasteiger partial charge in [-0.3, -0.25) is 4.79 Å². The highest BCUT2D eigenvalue weighted by atomic mass is 19.1. The van der Waals surface area contributed by atoms with E-state index in [2.05, 4.69) is 24.8 Å². The van der Waals surface area contributed by atoms with E-state index in [0.29, 0.717) is 24.5 Å². The number of amides is 1. The van der Waals surface area contributed by atoms with Gasteiger partial charge in [0.1, 0.15) is 11.5 Å². The number of aromatic nitrogens is 4. The maximum atomic E-state index is 14.8. The van der Waals surface area contributed by atoms with E-state index in [1.807, 2.05) is 24.0 Å². The summed E-state index contributed by atoms with van der Waals surface area (Å²) >= 11 is 0. The Morgan fingerprint density at radius 2 is 1.79 bits per heavy atom. The largest absolute Gasteiger partial charge is 0.381 e. The molecule has 1 N–H and O–H groups in total. The van der Waals surface area contributed by atoms with Crippen LogP contribution < -0.4 is 5.32 Å². The van der Waals surface area contributed by atoms with Crippen molar-refractivity contribution in [3.63, 3.8) is 0 Å². The van der Waals surface area contributed by atoms with E-state index in [-0.39, 0.29) is 23.6 Å². The van der Waals surface area contributed by atoms with Crippen LogP contribution in [0.2, 0.25) is 0 Å². The van der Waals surface area contributed by atoms with E-state index in [4.69, 9.17) is 4.74 Å². The van der Waals surface area contributed by atoms with E-state index in [9.17, 15) is 9.18 Å². The first-order valence-electron chi connectivity index (χ1n) is 11.9. The van der Waals surface area contributed by atoms with Gasteiger partial charge in [-0.2, -0.15) is 0 Å². The molecule has 9 heteroatoms. The van der Waals surface area contributed by atoms with Crippen molar-refractivity contribution in [2.24, 2.45) is 0 Å². The summed E-state index contributed by atoms with van der Waals surface area (Å²) in [5.74, 6) is 0.664. The van der Waals surface area contributed by atoms with Crippen molar-refractivity contribution in [3.05, 3.63) is 53.9 Å². The molecule has 178 valence electrons. The number of hydrogen-bond acceptors (Lipinski definition) is 6. The van der Waals surface area contributed by atoms with Gasteiger partial charge in [0.15, 0.2) is 5.82 Å². The Hall–Kier alpha value is -3.33. The average molecular weight is 465 g/mol. The summed E-state index contributed by atoms with van der Waals surface area (Å²) in [7, 11) is 0. The molecule has 2 fully saturated rings. The average Bonchev–Trinajstić information content (AvgIpc) is 3.27. The number of hydrogen-bond donors (Lipinski definition) is 1. The number of carbonyl (C=O) groups excluding carboxylic acids is 1. The Labute approximate surface area is 198 Å². The minimum absolute atomic E-state index is 0.0586. The summed E-state index contributed by atoms with van der Waals surface area (Å²) in [6.07, 6.45) is 7.85. The summed E-state index contributed by atoms with van der Waals surface area (Å²) < 4.78 is 22.3. The molecule has 2 aliphatic heterocycles. The van der Waals surface area contributed by atoms with Crippen LogP contribution in [0.1, 0.15) is 54.3 Å². The molecule has 4 heterocycles. The van der Waals surface area contributed by atoms with Crippen molar-refractivity contribution < 1.29 is 13.9 Å². The molecule has 1 amide bonds. The number of halogens is 1. The molecule has 0 spiro atoms. The van der Waals surface area contributed by atoms with Gasteiger partial charge >= 0.3 is 0 Å². The number of benzene rings is 1. The van der Waals surface area contributed by atoms with Gasteiger partial charge in [-0.05, 0) is 63.3 Å². The summed E-state index contributed by atoms with van der Waals surface area (Å²) in [5.41, 5.74) is 2.22. The first kappa shape index (κ1) is 22.5. The third-order valence-corrected chi connectivity index (χ3v) is 6.56. The first-order valence-corrected chi connectivity index (χ1v) is 11.9. The van der Waals surface area contributed by atoms with Crippen LogP contribution in [-0.2, 0) is 4.74 Å². The van der Waals surface area contributed by atoms with Gasteiger partial charge in [-0.25, -0.2) is 19.3 Å². The highest BCUT2D eigenvalue weighted by molar-refractivity contribution is 5.94. The highest BCUT2D eigenvalue weighted by Gasteiger charge is 2.24. The number of nitrogens with one attached hydrogen (secondary N) is 1. The third-order valence-electron chi connectivity index (χ3n) is 6.56. The second-order valence-electron chi connectivity index (χ2n) is 8.85. The lowest BCUT2D eigenvalue weighted by molar-refractivity contribution is 0.0694. The third kappa shape index (κ3) is 4.65. The fourth-order valence-electron chi connectivity index (χ4n) is 4.74. The number of aryl methyl sites for hydroxylation is 1. The van der Waals surface area contributed by atoms with Gasteiger partial charge in [0.05, 0.1) is 18.1 Å². The predicted octanol–water partition coefficient (Wildman–Crippen LogP) is 4.51. The van der Waals surface area contributed by atoms with Crippen LogP contribution in [0.25, 0.3) is 11.4 Å². The lowest BCUT2D eigenvalue weighted by Crippen LogP contribution is -2.35. The van der Waals surface area contributed by atoms with Crippen LogP contribution in [0.4, 0.5) is 16.0 Å². The quantitative estimate of drug-likeness (QED) is 0.598. The second-order valence-corrected chi connectivity index (χ2v) is 8.85. The molecule has 3 aromatic rings. The van der Waals surface area contributed by atoms with Crippen molar-refractivity contribution in [1.29, 1.82) is 0 Å². The number of imidazole rings is 1. The zero-order chi connectivity index (χ0) is 23.5. The van der Waals surface area contributed by atoms with Gasteiger partial charge < -0.3 is 19.5 Å². The molecule has 0 radical (unpaired) electrons. The van der Waals surface area contributed by atoms with Crippen molar-refractivity contribution >= 4 is 17.5 Å². The molecular formula is C25H29FN6O2. The molecule has 5 rings (SSSR count). The fourth-order valence-corrected chi connectivity index (χ4v) is 4.74. The Morgan fingerprint density at radius 3 is 2.53 bits per heavy atom. The standard InChI is InChI=1S/C25H29FN6O2/c1-17-27-16-22(32(17)20-9-13-34-14-10-20)23-21(26)15-28-25(30-23)29-19-7-5-18(6-8-19)24(33)31-11-3-2-4-12-31/h5-8,15-16,20H,2-4,9-14H2,1H3,(H,28,29,30). The molecular weight excluding hydrogens is 435 g/mol. The summed E-state index contributed by atoms with van der Waals surface area (Å²) in [4.78, 5) is 27.6. The lowest BCUT2D eigenvalue weighted by atomic mass is 10.1. The zero-order valence-corrected chi connectivity index (χ0v) is 19.3. The van der Waals surface area contributed by atoms with E-state index in [1.165, 1.54) is 12.6 Å². The molecule has 0 saturated carbocycles. The molecule has 0 bridgehead atoms. The molecule has 0 aliphatic carbocycles. The van der Waals surface area contributed by atoms with Crippen molar-refractivity contribution in [1.82, 2.24) is 24.4 Å². The molecule has 2 saturated heterocycles. The molecule has 0 unspecified atom stereocenters. The number of rotatable bonds is 5. The number of anilines is 2. The van der Waals surface area contributed by atoms with E-state index >= 15 is 0 Å². The van der Waals surface area contributed by atoms with Gasteiger partial charge in [-0.1, -0.05) is 0 Å². The van der Waals surface area contributed by atoms with Gasteiger partial charge in [0, 0.05) is 43.6 Å². The minimum atomic E-state index is -0.499. The number of nitrogens with zero attached hydrogens (tertiary/aromatic N) is 5. The molecule has 2 aliphatic rings.